The van der Waals surface area contributed by atoms with Crippen LogP contribution in [0.4, 0.5) is 14.5 Å². The van der Waals surface area contributed by atoms with Gasteiger partial charge in [0, 0.05) is 24.9 Å². The van der Waals surface area contributed by atoms with Crippen LogP contribution >= 0.6 is 0 Å². The van der Waals surface area contributed by atoms with E-state index >= 15 is 0 Å². The highest BCUT2D eigenvalue weighted by atomic mass is 19.1. The van der Waals surface area contributed by atoms with Gasteiger partial charge in [0.05, 0.1) is 5.41 Å². The first-order chi connectivity index (χ1) is 13.2. The highest BCUT2D eigenvalue weighted by molar-refractivity contribution is 6.05. The van der Waals surface area contributed by atoms with Crippen LogP contribution < -0.4 is 10.6 Å². The zero-order valence-electron chi connectivity index (χ0n) is 16.4. The Kier molecular flexibility index (Phi) is 5.82. The molecule has 3 rings (SSSR count). The summed E-state index contributed by atoms with van der Waals surface area (Å²) in [6, 6.07) is 9.22. The minimum absolute atomic E-state index is 0.0160. The van der Waals surface area contributed by atoms with Crippen molar-refractivity contribution < 1.29 is 18.7 Å². The first kappa shape index (κ1) is 20.4. The van der Waals surface area contributed by atoms with E-state index in [1.165, 1.54) is 6.07 Å². The summed E-state index contributed by atoms with van der Waals surface area (Å²) in [7, 11) is 0. The molecular formula is C22H26F2N2O2. The molecule has 2 aromatic carbocycles. The number of amides is 1. The maximum atomic E-state index is 13.9. The molecule has 0 aromatic heterocycles. The number of aliphatic hydroxyl groups excluding tert-OH is 1. The maximum absolute atomic E-state index is 13.9. The molecule has 1 aliphatic heterocycles. The zero-order chi connectivity index (χ0) is 20.5. The Morgan fingerprint density at radius 1 is 1.18 bits per heavy atom. The lowest BCUT2D eigenvalue weighted by atomic mass is 9.85. The molecule has 4 nitrogen and oxygen atoms in total. The van der Waals surface area contributed by atoms with Gasteiger partial charge in [-0.15, -0.1) is 0 Å². The van der Waals surface area contributed by atoms with Gasteiger partial charge in [-0.05, 0) is 74.1 Å². The van der Waals surface area contributed by atoms with Crippen LogP contribution in [0.5, 0.6) is 0 Å². The third kappa shape index (κ3) is 4.08. The third-order valence-electron chi connectivity index (χ3n) is 5.52. The van der Waals surface area contributed by atoms with E-state index in [1.54, 1.807) is 0 Å². The van der Waals surface area contributed by atoms with Gasteiger partial charge in [0.15, 0.2) is 0 Å². The van der Waals surface area contributed by atoms with Crippen molar-refractivity contribution >= 4 is 11.6 Å². The average molecular weight is 388 g/mol. The molecule has 28 heavy (non-hydrogen) atoms. The van der Waals surface area contributed by atoms with Crippen LogP contribution in [0.1, 0.15) is 43.5 Å². The summed E-state index contributed by atoms with van der Waals surface area (Å²) in [5.74, 6) is -1.21. The molecular weight excluding hydrogens is 362 g/mol. The second-order valence-corrected chi connectivity index (χ2v) is 8.00. The number of benzene rings is 2. The van der Waals surface area contributed by atoms with Gasteiger partial charge in [0.2, 0.25) is 5.91 Å². The fourth-order valence-electron chi connectivity index (χ4n) is 3.53. The van der Waals surface area contributed by atoms with E-state index in [0.29, 0.717) is 6.54 Å². The first-order valence-electron chi connectivity index (χ1n) is 9.46. The predicted molar refractivity (Wildman–Crippen MR) is 105 cm³/mol. The van der Waals surface area contributed by atoms with Crippen molar-refractivity contribution in [1.82, 2.24) is 5.32 Å². The smallest absolute Gasteiger partial charge is 0.234 e. The lowest BCUT2D eigenvalue weighted by molar-refractivity contribution is -0.119. The molecule has 1 aliphatic rings. The summed E-state index contributed by atoms with van der Waals surface area (Å²) >= 11 is 0. The molecule has 150 valence electrons. The highest BCUT2D eigenvalue weighted by Gasteiger charge is 2.38. The van der Waals surface area contributed by atoms with Crippen molar-refractivity contribution in [2.75, 3.05) is 18.5 Å². The van der Waals surface area contributed by atoms with E-state index in [4.69, 9.17) is 0 Å². The summed E-state index contributed by atoms with van der Waals surface area (Å²) in [5.41, 5.74) is 2.51. The van der Waals surface area contributed by atoms with Gasteiger partial charge < -0.3 is 15.7 Å². The van der Waals surface area contributed by atoms with Crippen molar-refractivity contribution in [2.24, 2.45) is 5.92 Å². The fourth-order valence-corrected chi connectivity index (χ4v) is 3.53. The summed E-state index contributed by atoms with van der Waals surface area (Å²) < 4.78 is 27.2. The van der Waals surface area contributed by atoms with Crippen LogP contribution in [0, 0.1) is 17.6 Å². The molecule has 1 amide bonds. The van der Waals surface area contributed by atoms with E-state index < -0.39 is 17.0 Å². The average Bonchev–Trinajstić information content (AvgIpc) is 2.89. The summed E-state index contributed by atoms with van der Waals surface area (Å²) in [5, 5.41) is 15.9. The molecule has 0 fully saturated rings. The molecule has 6 heteroatoms. The minimum atomic E-state index is -0.576. The molecule has 0 spiro atoms. The summed E-state index contributed by atoms with van der Waals surface area (Å²) in [6.07, 6.45) is 0.245. The van der Waals surface area contributed by atoms with Gasteiger partial charge >= 0.3 is 0 Å². The van der Waals surface area contributed by atoms with Gasteiger partial charge in [0.1, 0.15) is 11.6 Å². The van der Waals surface area contributed by atoms with Crippen molar-refractivity contribution in [3.63, 3.8) is 0 Å². The van der Waals surface area contributed by atoms with Crippen LogP contribution in [0.15, 0.2) is 36.4 Å². The van der Waals surface area contributed by atoms with Crippen molar-refractivity contribution in [2.45, 2.75) is 38.6 Å². The second kappa shape index (κ2) is 7.97. The quantitative estimate of drug-likeness (QED) is 0.678. The maximum Gasteiger partial charge on any atom is 0.234 e. The Bertz CT molecular complexity index is 883. The van der Waals surface area contributed by atoms with Gasteiger partial charge in [-0.3, -0.25) is 4.79 Å². The third-order valence-corrected chi connectivity index (χ3v) is 5.52. The lowest BCUT2D eigenvalue weighted by Crippen LogP contribution is -2.29. The summed E-state index contributed by atoms with van der Waals surface area (Å²) in [6.45, 7) is 6.10. The molecule has 2 unspecified atom stereocenters. The molecule has 0 radical (unpaired) electrons. The number of carbonyl (C=O) groups is 1. The Labute approximate surface area is 164 Å². The molecule has 1 heterocycles. The number of nitrogens with one attached hydrogen (secondary N) is 2. The fraction of sp³-hybridized carbons (Fsp3) is 0.409. The normalized spacial score (nSPS) is 17.1. The second-order valence-electron chi connectivity index (χ2n) is 8.00. The SMILES string of the molecule is CC(NCC(CO)Cc1cc(F)ccc1F)c1ccc2c(c1)C(C)(C)C(=O)N2. The number of halogens is 2. The molecule has 2 aromatic rings. The number of carbonyl (C=O) groups excluding carboxylic acids is 1. The first-order valence-corrected chi connectivity index (χ1v) is 9.46. The van der Waals surface area contributed by atoms with Crippen LogP contribution in [-0.4, -0.2) is 24.2 Å². The summed E-state index contributed by atoms with van der Waals surface area (Å²) in [4.78, 5) is 12.1. The van der Waals surface area contributed by atoms with E-state index in [1.807, 2.05) is 39.0 Å². The van der Waals surface area contributed by atoms with Crippen molar-refractivity contribution in [1.29, 1.82) is 0 Å². The largest absolute Gasteiger partial charge is 0.396 e. The monoisotopic (exact) mass is 388 g/mol. The number of anilines is 1. The molecule has 0 saturated heterocycles. The Hall–Kier alpha value is -2.31. The van der Waals surface area contributed by atoms with E-state index in [2.05, 4.69) is 10.6 Å². The lowest BCUT2D eigenvalue weighted by Gasteiger charge is -2.22. The van der Waals surface area contributed by atoms with Gasteiger partial charge in [0.25, 0.3) is 0 Å². The number of hydrogen-bond acceptors (Lipinski definition) is 3. The van der Waals surface area contributed by atoms with Crippen LogP contribution in [0.3, 0.4) is 0 Å². The minimum Gasteiger partial charge on any atom is -0.396 e. The molecule has 0 saturated carbocycles. The van der Waals surface area contributed by atoms with E-state index in [9.17, 15) is 18.7 Å². The van der Waals surface area contributed by atoms with Gasteiger partial charge in [-0.25, -0.2) is 8.78 Å². The number of aliphatic hydroxyl groups is 1. The number of fused-ring (bicyclic) bond motifs is 1. The Morgan fingerprint density at radius 3 is 2.64 bits per heavy atom. The van der Waals surface area contributed by atoms with Crippen molar-refractivity contribution in [3.05, 3.63) is 64.7 Å². The topological polar surface area (TPSA) is 61.4 Å². The molecule has 2 atom stereocenters. The van der Waals surface area contributed by atoms with E-state index in [-0.39, 0.29) is 36.5 Å². The van der Waals surface area contributed by atoms with Crippen LogP contribution in [-0.2, 0) is 16.6 Å². The Morgan fingerprint density at radius 2 is 1.93 bits per heavy atom. The molecule has 3 N–H and O–H groups in total. The zero-order valence-corrected chi connectivity index (χ0v) is 16.4. The predicted octanol–water partition coefficient (Wildman–Crippen LogP) is 3.70. The number of rotatable bonds is 7. The van der Waals surface area contributed by atoms with Crippen LogP contribution in [0.25, 0.3) is 0 Å². The standard InChI is InChI=1S/C22H26F2N2O2/c1-13(15-4-7-20-18(10-15)22(2,3)21(28)26-20)25-11-14(12-27)8-16-9-17(23)5-6-19(16)24/h4-7,9-10,13-14,25,27H,8,11-12H2,1-3H3,(H,26,28). The Balaban J connectivity index is 1.66. The van der Waals surface area contributed by atoms with E-state index in [0.717, 1.165) is 28.9 Å². The molecule has 0 bridgehead atoms. The van der Waals surface area contributed by atoms with Gasteiger partial charge in [-0.2, -0.15) is 0 Å². The van der Waals surface area contributed by atoms with Crippen LogP contribution in [0.2, 0.25) is 0 Å². The van der Waals surface area contributed by atoms with Crippen molar-refractivity contribution in [3.8, 4) is 0 Å². The number of hydrogen-bond donors (Lipinski definition) is 3. The molecule has 0 aliphatic carbocycles. The van der Waals surface area contributed by atoms with Gasteiger partial charge in [-0.1, -0.05) is 12.1 Å². The highest BCUT2D eigenvalue weighted by Crippen LogP contribution is 2.38.